The number of carbonyl (C=O) groups excluding carboxylic acids is 1. The molecule has 9 nitrogen and oxygen atoms in total. The summed E-state index contributed by atoms with van der Waals surface area (Å²) in [5.41, 5.74) is 0.404. The number of rotatable bonds is 4. The summed E-state index contributed by atoms with van der Waals surface area (Å²) in [5, 5.41) is 20.1. The molecule has 1 aromatic heterocycles. The van der Waals surface area contributed by atoms with Gasteiger partial charge in [0.15, 0.2) is 12.3 Å². The minimum atomic E-state index is -1.42. The van der Waals surface area contributed by atoms with Gasteiger partial charge in [0.1, 0.15) is 12.2 Å². The second-order valence-electron chi connectivity index (χ2n) is 6.39. The van der Waals surface area contributed by atoms with E-state index in [1.807, 2.05) is 6.07 Å². The smallest absolute Gasteiger partial charge is 0.339 e. The number of benzene rings is 1. The van der Waals surface area contributed by atoms with Gasteiger partial charge in [0, 0.05) is 12.3 Å². The van der Waals surface area contributed by atoms with Gasteiger partial charge in [0.2, 0.25) is 0 Å². The van der Waals surface area contributed by atoms with Crippen LogP contribution in [0.1, 0.15) is 27.7 Å². The fourth-order valence-electron chi connectivity index (χ4n) is 3.19. The molecule has 27 heavy (non-hydrogen) atoms. The highest BCUT2D eigenvalue weighted by Crippen LogP contribution is 2.31. The van der Waals surface area contributed by atoms with Crippen LogP contribution in [-0.2, 0) is 9.47 Å². The van der Waals surface area contributed by atoms with E-state index in [0.717, 1.165) is 10.6 Å². The van der Waals surface area contributed by atoms with E-state index < -0.39 is 48.4 Å². The standard InChI is InChI=1S/C18H20N2O7/c1-9-4-3-5-10(2)13(9)17(24)27-15-11(8-21)26-16(14(15)23)20-7-6-12(22)19-18(20)25/h3-7,11,14-16,21,23H,8H2,1-2H3,(H,19,22,25)/t11-,14-,15-,16-/m1/s1. The van der Waals surface area contributed by atoms with Gasteiger partial charge < -0.3 is 19.7 Å². The lowest BCUT2D eigenvalue weighted by atomic mass is 10.0. The molecule has 4 atom stereocenters. The maximum Gasteiger partial charge on any atom is 0.339 e. The van der Waals surface area contributed by atoms with Crippen LogP contribution in [0.3, 0.4) is 0 Å². The minimum Gasteiger partial charge on any atom is -0.453 e. The fourth-order valence-corrected chi connectivity index (χ4v) is 3.19. The largest absolute Gasteiger partial charge is 0.453 e. The SMILES string of the molecule is Cc1cccc(C)c1C(=O)O[C@H]1[C@@H](O)[C@H](n2ccc(=O)[nH]c2=O)O[C@@H]1CO. The third kappa shape index (κ3) is 3.57. The predicted molar refractivity (Wildman–Crippen MR) is 93.4 cm³/mol. The van der Waals surface area contributed by atoms with Gasteiger partial charge >= 0.3 is 11.7 Å². The fraction of sp³-hybridized carbons (Fsp3) is 0.389. The topological polar surface area (TPSA) is 131 Å². The van der Waals surface area contributed by atoms with Crippen molar-refractivity contribution in [3.63, 3.8) is 0 Å². The highest BCUT2D eigenvalue weighted by Gasteiger charge is 2.47. The first-order valence-electron chi connectivity index (χ1n) is 8.36. The summed E-state index contributed by atoms with van der Waals surface area (Å²) in [6, 6.07) is 6.43. The van der Waals surface area contributed by atoms with Crippen LogP contribution in [-0.4, -0.2) is 50.7 Å². The Kier molecular flexibility index (Phi) is 5.26. The average molecular weight is 376 g/mol. The van der Waals surface area contributed by atoms with Crippen molar-refractivity contribution in [2.45, 2.75) is 38.4 Å². The first kappa shape index (κ1) is 19.0. The average Bonchev–Trinajstić information content (AvgIpc) is 2.91. The molecule has 2 heterocycles. The number of aromatic nitrogens is 2. The number of carbonyl (C=O) groups is 1. The van der Waals surface area contributed by atoms with E-state index in [9.17, 15) is 24.6 Å². The molecule has 1 fully saturated rings. The number of hydrogen-bond donors (Lipinski definition) is 3. The van der Waals surface area contributed by atoms with Crippen LogP contribution >= 0.6 is 0 Å². The zero-order chi connectivity index (χ0) is 19.7. The third-order valence-electron chi connectivity index (χ3n) is 4.54. The molecule has 0 amide bonds. The van der Waals surface area contributed by atoms with Gasteiger partial charge in [-0.15, -0.1) is 0 Å². The van der Waals surface area contributed by atoms with E-state index in [2.05, 4.69) is 4.98 Å². The van der Waals surface area contributed by atoms with Crippen LogP contribution in [0.15, 0.2) is 40.1 Å². The molecule has 1 aliphatic heterocycles. The molecule has 1 saturated heterocycles. The summed E-state index contributed by atoms with van der Waals surface area (Å²) in [7, 11) is 0. The van der Waals surface area contributed by atoms with Gasteiger partial charge in [0.05, 0.1) is 12.2 Å². The van der Waals surface area contributed by atoms with Gasteiger partial charge in [0.25, 0.3) is 5.56 Å². The Morgan fingerprint density at radius 3 is 2.52 bits per heavy atom. The van der Waals surface area contributed by atoms with Crippen LogP contribution in [0.5, 0.6) is 0 Å². The Morgan fingerprint density at radius 1 is 1.26 bits per heavy atom. The van der Waals surface area contributed by atoms with Crippen molar-refractivity contribution >= 4 is 5.97 Å². The van der Waals surface area contributed by atoms with Crippen molar-refractivity contribution in [1.29, 1.82) is 0 Å². The van der Waals surface area contributed by atoms with Gasteiger partial charge in [-0.25, -0.2) is 9.59 Å². The summed E-state index contributed by atoms with van der Waals surface area (Å²) in [6.45, 7) is 2.99. The van der Waals surface area contributed by atoms with Crippen molar-refractivity contribution in [3.05, 3.63) is 68.0 Å². The van der Waals surface area contributed by atoms with Crippen LogP contribution in [0, 0.1) is 13.8 Å². The molecule has 3 rings (SSSR count). The highest BCUT2D eigenvalue weighted by molar-refractivity contribution is 5.92. The molecule has 144 valence electrons. The van der Waals surface area contributed by atoms with Crippen LogP contribution in [0.25, 0.3) is 0 Å². The van der Waals surface area contributed by atoms with Crippen molar-refractivity contribution in [2.75, 3.05) is 6.61 Å². The van der Waals surface area contributed by atoms with Crippen molar-refractivity contribution in [1.82, 2.24) is 9.55 Å². The first-order valence-corrected chi connectivity index (χ1v) is 8.36. The number of hydrogen-bond acceptors (Lipinski definition) is 7. The van der Waals surface area contributed by atoms with Crippen LogP contribution in [0.2, 0.25) is 0 Å². The quantitative estimate of drug-likeness (QED) is 0.621. The normalized spacial score (nSPS) is 24.7. The van der Waals surface area contributed by atoms with E-state index in [1.165, 1.54) is 6.20 Å². The number of nitrogens with zero attached hydrogens (tertiary/aromatic N) is 1. The van der Waals surface area contributed by atoms with Gasteiger partial charge in [-0.2, -0.15) is 0 Å². The number of nitrogens with one attached hydrogen (secondary N) is 1. The Balaban J connectivity index is 1.88. The van der Waals surface area contributed by atoms with Gasteiger partial charge in [-0.1, -0.05) is 18.2 Å². The van der Waals surface area contributed by atoms with Crippen LogP contribution < -0.4 is 11.2 Å². The van der Waals surface area contributed by atoms with E-state index in [0.29, 0.717) is 16.7 Å². The lowest BCUT2D eigenvalue weighted by Crippen LogP contribution is -2.40. The van der Waals surface area contributed by atoms with Crippen LogP contribution in [0.4, 0.5) is 0 Å². The molecule has 1 aromatic carbocycles. The Morgan fingerprint density at radius 2 is 1.93 bits per heavy atom. The number of aromatic amines is 1. The molecule has 0 unspecified atom stereocenters. The number of aliphatic hydroxyl groups is 2. The van der Waals surface area contributed by atoms with E-state index in [4.69, 9.17) is 9.47 Å². The number of aliphatic hydroxyl groups excluding tert-OH is 2. The summed E-state index contributed by atoms with van der Waals surface area (Å²) in [5.74, 6) is -0.661. The predicted octanol–water partition coefficient (Wildman–Crippen LogP) is -0.370. The molecule has 3 N–H and O–H groups in total. The Hall–Kier alpha value is -2.75. The molecule has 0 spiro atoms. The minimum absolute atomic E-state index is 0.367. The molecular weight excluding hydrogens is 356 g/mol. The number of H-pyrrole nitrogens is 1. The summed E-state index contributed by atoms with van der Waals surface area (Å²) in [4.78, 5) is 37.8. The molecule has 0 aliphatic carbocycles. The second-order valence-corrected chi connectivity index (χ2v) is 6.39. The van der Waals surface area contributed by atoms with E-state index in [-0.39, 0.29) is 0 Å². The van der Waals surface area contributed by atoms with Gasteiger partial charge in [-0.3, -0.25) is 14.3 Å². The molecule has 0 bridgehead atoms. The molecule has 0 saturated carbocycles. The third-order valence-corrected chi connectivity index (χ3v) is 4.54. The highest BCUT2D eigenvalue weighted by atomic mass is 16.6. The molecule has 2 aromatic rings. The summed E-state index contributed by atoms with van der Waals surface area (Å²) < 4.78 is 11.9. The second kappa shape index (κ2) is 7.47. The molecule has 1 aliphatic rings. The Labute approximate surface area is 153 Å². The number of ether oxygens (including phenoxy) is 2. The van der Waals surface area contributed by atoms with E-state index >= 15 is 0 Å². The molecule has 0 radical (unpaired) electrons. The molecular formula is C18H20N2O7. The van der Waals surface area contributed by atoms with Crippen molar-refractivity contribution < 1.29 is 24.5 Å². The maximum absolute atomic E-state index is 12.6. The first-order chi connectivity index (χ1) is 12.8. The van der Waals surface area contributed by atoms with Crippen molar-refractivity contribution in [2.24, 2.45) is 0 Å². The monoisotopic (exact) mass is 376 g/mol. The summed E-state index contributed by atoms with van der Waals surface area (Å²) >= 11 is 0. The zero-order valence-corrected chi connectivity index (χ0v) is 14.8. The van der Waals surface area contributed by atoms with Gasteiger partial charge in [-0.05, 0) is 25.0 Å². The molecule has 9 heteroatoms. The van der Waals surface area contributed by atoms with Crippen molar-refractivity contribution in [3.8, 4) is 0 Å². The number of esters is 1. The Bertz CT molecular complexity index is 944. The lowest BCUT2D eigenvalue weighted by molar-refractivity contribution is -0.0563. The lowest BCUT2D eigenvalue weighted by Gasteiger charge is -2.21. The van der Waals surface area contributed by atoms with E-state index in [1.54, 1.807) is 26.0 Å². The zero-order valence-electron chi connectivity index (χ0n) is 14.8. The number of aryl methyl sites for hydroxylation is 2. The maximum atomic E-state index is 12.6. The summed E-state index contributed by atoms with van der Waals surface area (Å²) in [6.07, 6.45) is -3.69.